The van der Waals surface area contributed by atoms with E-state index in [4.69, 9.17) is 4.74 Å². The van der Waals surface area contributed by atoms with Crippen LogP contribution >= 0.6 is 0 Å². The van der Waals surface area contributed by atoms with E-state index in [2.05, 4.69) is 25.9 Å². The summed E-state index contributed by atoms with van der Waals surface area (Å²) >= 11 is 0. The van der Waals surface area contributed by atoms with Crippen LogP contribution in [0.2, 0.25) is 0 Å². The molecule has 1 aliphatic rings. The Kier molecular flexibility index (Phi) is 3.57. The number of amides is 1. The Labute approximate surface area is 143 Å². The van der Waals surface area contributed by atoms with E-state index in [1.165, 1.54) is 6.20 Å². The molecule has 0 saturated heterocycles. The van der Waals surface area contributed by atoms with Crippen LogP contribution in [0.3, 0.4) is 0 Å². The zero-order valence-electron chi connectivity index (χ0n) is 13.8. The van der Waals surface area contributed by atoms with Crippen LogP contribution in [0.4, 0.5) is 11.4 Å². The van der Waals surface area contributed by atoms with Crippen LogP contribution in [0, 0.1) is 0 Å². The van der Waals surface area contributed by atoms with Crippen LogP contribution in [-0.2, 0) is 13.7 Å². The topological polar surface area (TPSA) is 94.0 Å². The molecule has 0 bridgehead atoms. The first kappa shape index (κ1) is 15.1. The number of benzene rings is 1. The monoisotopic (exact) mass is 336 g/mol. The fraction of sp³-hybridized carbons (Fsp3) is 0.176. The van der Waals surface area contributed by atoms with Crippen molar-refractivity contribution in [3.05, 3.63) is 47.9 Å². The van der Waals surface area contributed by atoms with Gasteiger partial charge in [0.1, 0.15) is 12.3 Å². The minimum absolute atomic E-state index is 0.219. The third-order valence-electron chi connectivity index (χ3n) is 3.98. The average Bonchev–Trinajstić information content (AvgIpc) is 3.02. The minimum Gasteiger partial charge on any atom is -0.486 e. The fourth-order valence-corrected chi connectivity index (χ4v) is 2.86. The minimum atomic E-state index is -0.312. The summed E-state index contributed by atoms with van der Waals surface area (Å²) in [6, 6.07) is 7.48. The van der Waals surface area contributed by atoms with Crippen molar-refractivity contribution in [2.75, 3.05) is 12.4 Å². The van der Waals surface area contributed by atoms with Gasteiger partial charge in [-0.25, -0.2) is 0 Å². The number of nitrogens with one attached hydrogen (secondary N) is 2. The van der Waals surface area contributed by atoms with Gasteiger partial charge in [-0.2, -0.15) is 10.2 Å². The molecule has 0 spiro atoms. The van der Waals surface area contributed by atoms with E-state index < -0.39 is 0 Å². The summed E-state index contributed by atoms with van der Waals surface area (Å²) < 4.78 is 7.72. The molecule has 3 heterocycles. The number of aryl methyl sites for hydroxylation is 1. The Morgan fingerprint density at radius 3 is 3.00 bits per heavy atom. The van der Waals surface area contributed by atoms with E-state index in [0.717, 1.165) is 22.5 Å². The molecular weight excluding hydrogens is 320 g/mol. The zero-order chi connectivity index (χ0) is 17.4. The van der Waals surface area contributed by atoms with Crippen LogP contribution in [0.5, 0.6) is 5.75 Å². The Morgan fingerprint density at radius 1 is 1.28 bits per heavy atom. The molecule has 8 nitrogen and oxygen atoms in total. The van der Waals surface area contributed by atoms with Crippen molar-refractivity contribution in [2.45, 2.75) is 6.61 Å². The lowest BCUT2D eigenvalue weighted by atomic mass is 10.0. The third kappa shape index (κ3) is 2.57. The second kappa shape index (κ2) is 5.90. The van der Waals surface area contributed by atoms with Crippen molar-refractivity contribution in [2.24, 2.45) is 7.05 Å². The summed E-state index contributed by atoms with van der Waals surface area (Å²) in [7, 11) is 3.44. The summed E-state index contributed by atoms with van der Waals surface area (Å²) in [6.45, 7) is 0.450. The molecule has 4 rings (SSSR count). The quantitative estimate of drug-likeness (QED) is 0.758. The first-order valence-corrected chi connectivity index (χ1v) is 7.77. The second-order valence-electron chi connectivity index (χ2n) is 5.65. The van der Waals surface area contributed by atoms with Gasteiger partial charge >= 0.3 is 0 Å². The largest absolute Gasteiger partial charge is 0.486 e. The number of carbonyl (C=O) groups is 1. The normalized spacial score (nSPS) is 11.9. The van der Waals surface area contributed by atoms with Gasteiger partial charge in [0.05, 0.1) is 17.6 Å². The lowest BCUT2D eigenvalue weighted by Crippen LogP contribution is -2.21. The van der Waals surface area contributed by atoms with Gasteiger partial charge in [-0.1, -0.05) is 6.07 Å². The fourth-order valence-electron chi connectivity index (χ4n) is 2.86. The van der Waals surface area contributed by atoms with Gasteiger partial charge in [-0.3, -0.25) is 9.48 Å². The van der Waals surface area contributed by atoms with Crippen molar-refractivity contribution in [1.82, 2.24) is 25.3 Å². The molecule has 1 amide bonds. The SMILES string of the molecule is CNC(=O)c1nnccc1Nc1cccc2c1OCc1cn(C)nc1-2. The molecule has 1 aliphatic heterocycles. The molecular formula is C17H16N6O2. The summed E-state index contributed by atoms with van der Waals surface area (Å²) in [5.74, 6) is 0.390. The first-order valence-electron chi connectivity index (χ1n) is 7.77. The zero-order valence-corrected chi connectivity index (χ0v) is 13.8. The molecule has 0 unspecified atom stereocenters. The molecule has 0 saturated carbocycles. The van der Waals surface area contributed by atoms with Gasteiger partial charge in [-0.15, -0.1) is 5.10 Å². The van der Waals surface area contributed by atoms with E-state index in [1.54, 1.807) is 17.8 Å². The van der Waals surface area contributed by atoms with E-state index in [9.17, 15) is 4.79 Å². The number of anilines is 2. The standard InChI is InChI=1S/C17H16N6O2/c1-18-17(24)15-12(6-7-19-21-15)20-13-5-3-4-11-14-10(8-23(2)22-14)9-25-16(11)13/h3-8H,9H2,1-2H3,(H,18,24)(H,19,20). The first-order chi connectivity index (χ1) is 12.2. The molecule has 2 N–H and O–H groups in total. The molecule has 8 heteroatoms. The molecule has 3 aromatic rings. The molecule has 126 valence electrons. The van der Waals surface area contributed by atoms with Crippen molar-refractivity contribution in [3.63, 3.8) is 0 Å². The van der Waals surface area contributed by atoms with E-state index in [0.29, 0.717) is 18.0 Å². The molecule has 0 aliphatic carbocycles. The maximum absolute atomic E-state index is 12.0. The molecule has 0 fully saturated rings. The van der Waals surface area contributed by atoms with Crippen molar-refractivity contribution in [1.29, 1.82) is 0 Å². The summed E-state index contributed by atoms with van der Waals surface area (Å²) in [5, 5.41) is 18.0. The number of nitrogens with zero attached hydrogens (tertiary/aromatic N) is 4. The highest BCUT2D eigenvalue weighted by molar-refractivity contribution is 5.98. The summed E-state index contributed by atoms with van der Waals surface area (Å²) in [6.07, 6.45) is 3.48. The van der Waals surface area contributed by atoms with Crippen molar-refractivity contribution >= 4 is 17.3 Å². The third-order valence-corrected chi connectivity index (χ3v) is 3.98. The van der Waals surface area contributed by atoms with Gasteiger partial charge in [-0.05, 0) is 18.2 Å². The van der Waals surface area contributed by atoms with Crippen LogP contribution < -0.4 is 15.4 Å². The number of aromatic nitrogens is 4. The molecule has 25 heavy (non-hydrogen) atoms. The van der Waals surface area contributed by atoms with Gasteiger partial charge in [0.15, 0.2) is 11.4 Å². The highest BCUT2D eigenvalue weighted by atomic mass is 16.5. The van der Waals surface area contributed by atoms with E-state index >= 15 is 0 Å². The molecule has 0 atom stereocenters. The van der Waals surface area contributed by atoms with Crippen molar-refractivity contribution < 1.29 is 9.53 Å². The lowest BCUT2D eigenvalue weighted by Gasteiger charge is -2.20. The average molecular weight is 336 g/mol. The summed E-state index contributed by atoms with van der Waals surface area (Å²) in [5.41, 5.74) is 4.38. The molecule has 0 radical (unpaired) electrons. The number of rotatable bonds is 3. The summed E-state index contributed by atoms with van der Waals surface area (Å²) in [4.78, 5) is 12.0. The molecule has 2 aromatic heterocycles. The Balaban J connectivity index is 1.76. The van der Waals surface area contributed by atoms with Crippen LogP contribution in [0.1, 0.15) is 16.1 Å². The van der Waals surface area contributed by atoms with Crippen LogP contribution in [0.15, 0.2) is 36.7 Å². The van der Waals surface area contributed by atoms with Gasteiger partial charge < -0.3 is 15.4 Å². The Bertz CT molecular complexity index is 966. The lowest BCUT2D eigenvalue weighted by molar-refractivity contribution is 0.0958. The number of carbonyl (C=O) groups excluding carboxylic acids is 1. The number of hydrogen-bond acceptors (Lipinski definition) is 6. The predicted molar refractivity (Wildman–Crippen MR) is 91.7 cm³/mol. The maximum atomic E-state index is 12.0. The van der Waals surface area contributed by atoms with Crippen LogP contribution in [0.25, 0.3) is 11.3 Å². The van der Waals surface area contributed by atoms with Gasteiger partial charge in [0.25, 0.3) is 5.91 Å². The molecule has 1 aromatic carbocycles. The Hall–Kier alpha value is -3.42. The number of hydrogen-bond donors (Lipinski definition) is 2. The van der Waals surface area contributed by atoms with Gasteiger partial charge in [0.2, 0.25) is 0 Å². The maximum Gasteiger partial charge on any atom is 0.273 e. The Morgan fingerprint density at radius 2 is 2.16 bits per heavy atom. The van der Waals surface area contributed by atoms with E-state index in [1.807, 2.05) is 31.4 Å². The number of para-hydroxylation sites is 1. The van der Waals surface area contributed by atoms with E-state index in [-0.39, 0.29) is 11.6 Å². The highest BCUT2D eigenvalue weighted by Gasteiger charge is 2.23. The van der Waals surface area contributed by atoms with Gasteiger partial charge in [0, 0.05) is 31.4 Å². The predicted octanol–water partition coefficient (Wildman–Crippen LogP) is 1.87. The van der Waals surface area contributed by atoms with Crippen LogP contribution in [-0.4, -0.2) is 32.9 Å². The second-order valence-corrected chi connectivity index (χ2v) is 5.65. The number of fused-ring (bicyclic) bond motifs is 3. The number of ether oxygens (including phenoxy) is 1. The highest BCUT2D eigenvalue weighted by Crippen LogP contribution is 2.42. The van der Waals surface area contributed by atoms with Crippen molar-refractivity contribution in [3.8, 4) is 17.0 Å². The smallest absolute Gasteiger partial charge is 0.273 e.